The van der Waals surface area contributed by atoms with Crippen LogP contribution in [0, 0.1) is 0 Å². The lowest BCUT2D eigenvalue weighted by atomic mass is 10.0. The van der Waals surface area contributed by atoms with Crippen LogP contribution in [-0.2, 0) is 23.1 Å². The smallest absolute Gasteiger partial charge is 0.264 e. The van der Waals surface area contributed by atoms with Crippen LogP contribution in [0.4, 0.5) is 5.69 Å². The summed E-state index contributed by atoms with van der Waals surface area (Å²) in [6.45, 7) is 5.47. The summed E-state index contributed by atoms with van der Waals surface area (Å²) in [5.41, 5.74) is 4.10. The fraction of sp³-hybridized carbons (Fsp3) is 0.242. The van der Waals surface area contributed by atoms with E-state index in [0.29, 0.717) is 47.7 Å². The molecule has 0 bridgehead atoms. The zero-order chi connectivity index (χ0) is 30.9. The zero-order valence-corrected chi connectivity index (χ0v) is 25.4. The van der Waals surface area contributed by atoms with Crippen molar-refractivity contribution in [1.82, 2.24) is 20.4 Å². The highest BCUT2D eigenvalue weighted by Crippen LogP contribution is 2.23. The third-order valence-corrected chi connectivity index (χ3v) is 8.40. The van der Waals surface area contributed by atoms with Gasteiger partial charge in [-0.15, -0.1) is 0 Å². The number of anilines is 1. The summed E-state index contributed by atoms with van der Waals surface area (Å²) in [5, 5.41) is 17.5. The molecule has 2 aromatic heterocycles. The average Bonchev–Trinajstić information content (AvgIpc) is 3.52. The van der Waals surface area contributed by atoms with E-state index in [1.54, 1.807) is 42.7 Å². The summed E-state index contributed by atoms with van der Waals surface area (Å²) < 4.78 is 39.7. The highest BCUT2D eigenvalue weighted by Gasteiger charge is 2.16. The SMILES string of the molecule is CC(C)c1ccc(OCc2nc(-c3ccc(S(=O)(=O)Nc4ccc(CCNCC(O)c5cccnc5)cc4)cc3)no2)cc1. The molecule has 5 aromatic rings. The lowest BCUT2D eigenvalue weighted by Gasteiger charge is -2.12. The Morgan fingerprint density at radius 2 is 1.68 bits per heavy atom. The molecular formula is C33H35N5O5S. The number of hydrogen-bond acceptors (Lipinski definition) is 9. The largest absolute Gasteiger partial charge is 0.484 e. The average molecular weight is 614 g/mol. The summed E-state index contributed by atoms with van der Waals surface area (Å²) in [6.07, 6.45) is 3.42. The molecule has 10 nitrogen and oxygen atoms in total. The van der Waals surface area contributed by atoms with Crippen LogP contribution in [0.25, 0.3) is 11.4 Å². The van der Waals surface area contributed by atoms with Crippen molar-refractivity contribution < 1.29 is 22.8 Å². The number of aliphatic hydroxyl groups excluding tert-OH is 1. The molecule has 11 heteroatoms. The maximum absolute atomic E-state index is 13.0. The maximum Gasteiger partial charge on any atom is 0.264 e. The van der Waals surface area contributed by atoms with Gasteiger partial charge in [0.2, 0.25) is 5.82 Å². The van der Waals surface area contributed by atoms with Gasteiger partial charge in [-0.25, -0.2) is 8.42 Å². The highest BCUT2D eigenvalue weighted by atomic mass is 32.2. The minimum Gasteiger partial charge on any atom is -0.484 e. The van der Waals surface area contributed by atoms with Gasteiger partial charge in [0.15, 0.2) is 6.61 Å². The Bertz CT molecular complexity index is 1720. The van der Waals surface area contributed by atoms with Crippen molar-refractivity contribution in [2.75, 3.05) is 17.8 Å². The van der Waals surface area contributed by atoms with Crippen molar-refractivity contribution in [3.63, 3.8) is 0 Å². The lowest BCUT2D eigenvalue weighted by molar-refractivity contribution is 0.174. The normalized spacial score (nSPS) is 12.3. The van der Waals surface area contributed by atoms with Crippen LogP contribution >= 0.6 is 0 Å². The predicted octanol–water partition coefficient (Wildman–Crippen LogP) is 5.50. The molecule has 0 aliphatic heterocycles. The molecule has 44 heavy (non-hydrogen) atoms. The number of aliphatic hydroxyl groups is 1. The van der Waals surface area contributed by atoms with Crippen LogP contribution in [0.15, 0.2) is 107 Å². The molecule has 5 rings (SSSR count). The molecule has 0 fully saturated rings. The molecule has 0 saturated heterocycles. The van der Waals surface area contributed by atoms with Crippen LogP contribution in [0.1, 0.15) is 48.5 Å². The first kappa shape index (κ1) is 30.9. The molecule has 228 valence electrons. The van der Waals surface area contributed by atoms with E-state index in [1.807, 2.05) is 42.5 Å². The molecule has 3 aromatic carbocycles. The second-order valence-electron chi connectivity index (χ2n) is 10.6. The van der Waals surface area contributed by atoms with E-state index in [2.05, 4.69) is 39.0 Å². The van der Waals surface area contributed by atoms with Crippen molar-refractivity contribution in [3.8, 4) is 17.1 Å². The Morgan fingerprint density at radius 1 is 0.932 bits per heavy atom. The van der Waals surface area contributed by atoms with E-state index < -0.39 is 16.1 Å². The number of sulfonamides is 1. The predicted molar refractivity (Wildman–Crippen MR) is 168 cm³/mol. The number of rotatable bonds is 14. The summed E-state index contributed by atoms with van der Waals surface area (Å²) in [4.78, 5) is 8.50. The third kappa shape index (κ3) is 8.28. The zero-order valence-electron chi connectivity index (χ0n) is 24.6. The minimum atomic E-state index is -3.80. The van der Waals surface area contributed by atoms with E-state index in [0.717, 1.165) is 17.5 Å². The number of hydrogen-bond donors (Lipinski definition) is 3. The van der Waals surface area contributed by atoms with Gasteiger partial charge in [0, 0.05) is 35.8 Å². The van der Waals surface area contributed by atoms with Crippen LogP contribution in [0.2, 0.25) is 0 Å². The van der Waals surface area contributed by atoms with Crippen molar-refractivity contribution in [2.45, 2.75) is 43.8 Å². The van der Waals surface area contributed by atoms with Gasteiger partial charge < -0.3 is 19.7 Å². The lowest BCUT2D eigenvalue weighted by Crippen LogP contribution is -2.23. The van der Waals surface area contributed by atoms with Gasteiger partial charge in [0.05, 0.1) is 11.0 Å². The van der Waals surface area contributed by atoms with E-state index in [4.69, 9.17) is 9.26 Å². The highest BCUT2D eigenvalue weighted by molar-refractivity contribution is 7.92. The first-order valence-corrected chi connectivity index (χ1v) is 15.8. The number of ether oxygens (including phenoxy) is 1. The topological polar surface area (TPSA) is 139 Å². The Balaban J connectivity index is 1.10. The summed E-state index contributed by atoms with van der Waals surface area (Å²) >= 11 is 0. The molecular weight excluding hydrogens is 578 g/mol. The summed E-state index contributed by atoms with van der Waals surface area (Å²) in [7, 11) is -3.80. The first-order chi connectivity index (χ1) is 21.3. The Morgan fingerprint density at radius 3 is 2.36 bits per heavy atom. The van der Waals surface area contributed by atoms with E-state index >= 15 is 0 Å². The van der Waals surface area contributed by atoms with Crippen LogP contribution in [-0.4, -0.2) is 41.7 Å². The molecule has 2 heterocycles. The van der Waals surface area contributed by atoms with Gasteiger partial charge in [0.25, 0.3) is 15.9 Å². The van der Waals surface area contributed by atoms with Gasteiger partial charge in [-0.1, -0.05) is 49.3 Å². The van der Waals surface area contributed by atoms with Gasteiger partial charge in [-0.3, -0.25) is 9.71 Å². The molecule has 0 aliphatic carbocycles. The monoisotopic (exact) mass is 613 g/mol. The van der Waals surface area contributed by atoms with Gasteiger partial charge in [-0.2, -0.15) is 4.98 Å². The quantitative estimate of drug-likeness (QED) is 0.139. The van der Waals surface area contributed by atoms with Gasteiger partial charge >= 0.3 is 0 Å². The van der Waals surface area contributed by atoms with Gasteiger partial charge in [-0.05, 0) is 84.6 Å². The molecule has 3 N–H and O–H groups in total. The van der Waals surface area contributed by atoms with E-state index in [1.165, 1.54) is 17.7 Å². The number of nitrogens with zero attached hydrogens (tertiary/aromatic N) is 3. The standard InChI is InChI=1S/C33H35N5O5S/c1-23(2)25-7-13-29(14-8-25)42-22-32-36-33(37-43-32)26-9-15-30(16-10-26)44(40,41)38-28-11-5-24(6-12-28)17-19-35-21-31(39)27-4-3-18-34-20-27/h3-16,18,20,23,31,35,38-39H,17,19,21-22H2,1-2H3. The van der Waals surface area contributed by atoms with Crippen molar-refractivity contribution in [3.05, 3.63) is 120 Å². The van der Waals surface area contributed by atoms with Gasteiger partial charge in [0.1, 0.15) is 5.75 Å². The van der Waals surface area contributed by atoms with E-state index in [9.17, 15) is 13.5 Å². The van der Waals surface area contributed by atoms with Crippen LogP contribution in [0.3, 0.4) is 0 Å². The Kier molecular flexibility index (Phi) is 10.0. The molecule has 0 saturated carbocycles. The maximum atomic E-state index is 13.0. The minimum absolute atomic E-state index is 0.110. The molecule has 0 spiro atoms. The number of benzene rings is 3. The molecule has 1 unspecified atom stereocenters. The molecule has 0 amide bonds. The second-order valence-corrected chi connectivity index (χ2v) is 12.3. The van der Waals surface area contributed by atoms with E-state index in [-0.39, 0.29) is 11.5 Å². The van der Waals surface area contributed by atoms with Crippen molar-refractivity contribution in [2.24, 2.45) is 0 Å². The summed E-state index contributed by atoms with van der Waals surface area (Å²) in [5.74, 6) is 1.80. The molecule has 0 aliphatic rings. The third-order valence-electron chi connectivity index (χ3n) is 7.00. The van der Waals surface area contributed by atoms with Crippen molar-refractivity contribution in [1.29, 1.82) is 0 Å². The Hall–Kier alpha value is -4.58. The fourth-order valence-corrected chi connectivity index (χ4v) is 5.48. The second kappa shape index (κ2) is 14.3. The van der Waals surface area contributed by atoms with Crippen LogP contribution < -0.4 is 14.8 Å². The fourth-order valence-electron chi connectivity index (χ4n) is 4.42. The number of pyridine rings is 1. The Labute approximate surface area is 257 Å². The molecule has 1 atom stereocenters. The van der Waals surface area contributed by atoms with Crippen molar-refractivity contribution >= 4 is 15.7 Å². The number of aromatic nitrogens is 3. The molecule has 0 radical (unpaired) electrons. The number of nitrogens with one attached hydrogen (secondary N) is 2. The van der Waals surface area contributed by atoms with Crippen LogP contribution in [0.5, 0.6) is 5.75 Å². The first-order valence-electron chi connectivity index (χ1n) is 14.3. The summed E-state index contributed by atoms with van der Waals surface area (Å²) in [6, 6.07) is 25.0.